The van der Waals surface area contributed by atoms with E-state index in [0.717, 1.165) is 39.2 Å². The molecule has 0 radical (unpaired) electrons. The first-order valence-electron chi connectivity index (χ1n) is 12.2. The summed E-state index contributed by atoms with van der Waals surface area (Å²) < 4.78 is 19.5. The zero-order valence-electron chi connectivity index (χ0n) is 21.8. The molecule has 1 aliphatic rings. The normalized spacial score (nSPS) is 12.7. The van der Waals surface area contributed by atoms with Crippen molar-refractivity contribution < 1.29 is 19.0 Å². The predicted molar refractivity (Wildman–Crippen MR) is 138 cm³/mol. The van der Waals surface area contributed by atoms with E-state index in [-0.39, 0.29) is 24.6 Å². The second kappa shape index (κ2) is 10.4. The lowest BCUT2D eigenvalue weighted by molar-refractivity contribution is -0.140. The summed E-state index contributed by atoms with van der Waals surface area (Å²) in [5.74, 6) is 0.925. The van der Waals surface area contributed by atoms with Crippen LogP contribution in [0.2, 0.25) is 0 Å². The number of methoxy groups -OCH3 is 2. The minimum atomic E-state index is -0.378. The summed E-state index contributed by atoms with van der Waals surface area (Å²) in [6.45, 7) is 9.23. The topological polar surface area (TPSA) is 84.1 Å². The largest absolute Gasteiger partial charge is 0.493 e. The van der Waals surface area contributed by atoms with E-state index in [1.54, 1.807) is 16.2 Å². The van der Waals surface area contributed by atoms with Gasteiger partial charge in [-0.3, -0.25) is 13.9 Å². The Kier molecular flexibility index (Phi) is 7.33. The van der Waals surface area contributed by atoms with Crippen molar-refractivity contribution in [1.29, 1.82) is 0 Å². The highest BCUT2D eigenvalue weighted by Gasteiger charge is 2.23. The Labute approximate surface area is 210 Å². The molecule has 1 aliphatic heterocycles. The van der Waals surface area contributed by atoms with E-state index < -0.39 is 0 Å². The van der Waals surface area contributed by atoms with Crippen LogP contribution in [-0.2, 0) is 29.0 Å². The first kappa shape index (κ1) is 25.3. The van der Waals surface area contributed by atoms with E-state index in [1.807, 2.05) is 45.9 Å². The van der Waals surface area contributed by atoms with Crippen LogP contribution in [0.25, 0.3) is 11.3 Å². The highest BCUT2D eigenvalue weighted by Crippen LogP contribution is 2.37. The molecule has 0 bridgehead atoms. The molecule has 190 valence electrons. The molecule has 2 aromatic carbocycles. The molecule has 0 unspecified atom stereocenters. The van der Waals surface area contributed by atoms with Gasteiger partial charge in [0.2, 0.25) is 0 Å². The van der Waals surface area contributed by atoms with Crippen molar-refractivity contribution in [2.24, 2.45) is 4.99 Å². The van der Waals surface area contributed by atoms with Crippen LogP contribution in [0.15, 0.2) is 40.1 Å². The molecule has 0 saturated heterocycles. The Bertz CT molecular complexity index is 1430. The van der Waals surface area contributed by atoms with Gasteiger partial charge in [0.25, 0.3) is 0 Å². The molecule has 0 amide bonds. The van der Waals surface area contributed by atoms with Crippen molar-refractivity contribution >= 4 is 11.7 Å². The SMILES string of the molecule is CCOc1cc2c(cc1OC)-c1cc(=Nc3c(C)cc(C)cc3C)n(CCC(=O)OC)c(=O)n1CC2. The lowest BCUT2D eigenvalue weighted by atomic mass is 9.97. The molecular formula is C28H33N3O5. The number of ether oxygens (including phenoxy) is 3. The minimum Gasteiger partial charge on any atom is -0.493 e. The lowest BCUT2D eigenvalue weighted by Gasteiger charge is -2.25. The standard InChI is InChI=1S/C28H33N3O5/c1-7-36-24-14-20-8-10-30-22(21(20)15-23(24)34-5)16-25(31(28(30)33)11-9-26(32)35-6)29-27-18(3)12-17(2)13-19(27)4/h12-16H,7-11H2,1-6H3. The number of aryl methyl sites for hydroxylation is 4. The lowest BCUT2D eigenvalue weighted by Crippen LogP contribution is -2.42. The fourth-order valence-electron chi connectivity index (χ4n) is 4.84. The number of hydrogen-bond donors (Lipinski definition) is 0. The van der Waals surface area contributed by atoms with Gasteiger partial charge in [-0.2, -0.15) is 0 Å². The quantitative estimate of drug-likeness (QED) is 0.467. The minimum absolute atomic E-state index is 0.0757. The van der Waals surface area contributed by atoms with E-state index in [4.69, 9.17) is 19.2 Å². The number of aromatic nitrogens is 2. The van der Waals surface area contributed by atoms with Gasteiger partial charge in [0.15, 0.2) is 11.5 Å². The number of fused-ring (bicyclic) bond motifs is 3. The summed E-state index contributed by atoms with van der Waals surface area (Å²) >= 11 is 0. The number of esters is 1. The van der Waals surface area contributed by atoms with Crippen LogP contribution in [0.3, 0.4) is 0 Å². The third-order valence-corrected chi connectivity index (χ3v) is 6.49. The molecule has 0 aliphatic carbocycles. The summed E-state index contributed by atoms with van der Waals surface area (Å²) in [7, 11) is 2.95. The first-order valence-corrected chi connectivity index (χ1v) is 12.2. The van der Waals surface area contributed by atoms with Gasteiger partial charge in [0.1, 0.15) is 5.49 Å². The molecule has 0 fully saturated rings. The fraction of sp³-hybridized carbons (Fsp3) is 0.393. The van der Waals surface area contributed by atoms with Gasteiger partial charge < -0.3 is 14.2 Å². The van der Waals surface area contributed by atoms with Crippen molar-refractivity contribution in [2.75, 3.05) is 20.8 Å². The van der Waals surface area contributed by atoms with E-state index in [2.05, 4.69) is 12.1 Å². The smallest absolute Gasteiger partial charge is 0.330 e. The van der Waals surface area contributed by atoms with Crippen molar-refractivity contribution in [3.8, 4) is 22.8 Å². The average molecular weight is 492 g/mol. The molecule has 36 heavy (non-hydrogen) atoms. The number of carbonyl (C=O) groups excluding carboxylic acids is 1. The Morgan fingerprint density at radius 3 is 2.39 bits per heavy atom. The Hall–Kier alpha value is -3.81. The molecule has 0 spiro atoms. The molecule has 4 rings (SSSR count). The fourth-order valence-corrected chi connectivity index (χ4v) is 4.84. The van der Waals surface area contributed by atoms with Crippen LogP contribution in [0.5, 0.6) is 11.5 Å². The highest BCUT2D eigenvalue weighted by molar-refractivity contribution is 5.70. The van der Waals surface area contributed by atoms with Gasteiger partial charge in [-0.05, 0) is 62.9 Å². The molecule has 8 nitrogen and oxygen atoms in total. The van der Waals surface area contributed by atoms with E-state index >= 15 is 0 Å². The Morgan fingerprint density at radius 2 is 1.75 bits per heavy atom. The third kappa shape index (κ3) is 4.80. The predicted octanol–water partition coefficient (Wildman–Crippen LogP) is 4.00. The average Bonchev–Trinajstić information content (AvgIpc) is 2.85. The first-order chi connectivity index (χ1) is 17.3. The van der Waals surface area contributed by atoms with Crippen molar-refractivity contribution in [2.45, 2.75) is 53.6 Å². The van der Waals surface area contributed by atoms with Crippen LogP contribution in [0.4, 0.5) is 5.69 Å². The number of hydrogen-bond acceptors (Lipinski definition) is 6. The van der Waals surface area contributed by atoms with Crippen LogP contribution in [-0.4, -0.2) is 35.9 Å². The van der Waals surface area contributed by atoms with Crippen LogP contribution >= 0.6 is 0 Å². The maximum Gasteiger partial charge on any atom is 0.330 e. The van der Waals surface area contributed by atoms with E-state index in [0.29, 0.717) is 36.6 Å². The molecule has 0 atom stereocenters. The van der Waals surface area contributed by atoms with Crippen LogP contribution in [0.1, 0.15) is 35.6 Å². The third-order valence-electron chi connectivity index (χ3n) is 6.49. The second-order valence-electron chi connectivity index (χ2n) is 9.00. The molecule has 1 aromatic heterocycles. The van der Waals surface area contributed by atoms with Crippen molar-refractivity contribution in [3.05, 3.63) is 68.6 Å². The summed E-state index contributed by atoms with van der Waals surface area (Å²) in [5, 5.41) is 0. The number of carbonyl (C=O) groups is 1. The maximum atomic E-state index is 13.7. The summed E-state index contributed by atoms with van der Waals surface area (Å²) in [6.07, 6.45) is 0.752. The van der Waals surface area contributed by atoms with Crippen LogP contribution < -0.4 is 20.7 Å². The second-order valence-corrected chi connectivity index (χ2v) is 9.00. The number of benzene rings is 2. The zero-order chi connectivity index (χ0) is 26.0. The molecule has 0 N–H and O–H groups in total. The monoisotopic (exact) mass is 491 g/mol. The Balaban J connectivity index is 1.98. The maximum absolute atomic E-state index is 13.7. The van der Waals surface area contributed by atoms with Gasteiger partial charge in [-0.15, -0.1) is 0 Å². The van der Waals surface area contributed by atoms with Crippen molar-refractivity contribution in [3.63, 3.8) is 0 Å². The molecule has 3 aromatic rings. The molecule has 0 saturated carbocycles. The van der Waals surface area contributed by atoms with Crippen LogP contribution in [0, 0.1) is 20.8 Å². The summed E-state index contributed by atoms with van der Waals surface area (Å²) in [5.41, 5.74) is 7.05. The van der Waals surface area contributed by atoms with Gasteiger partial charge in [-0.1, -0.05) is 17.7 Å². The van der Waals surface area contributed by atoms with Crippen molar-refractivity contribution in [1.82, 2.24) is 9.13 Å². The van der Waals surface area contributed by atoms with E-state index in [9.17, 15) is 9.59 Å². The van der Waals surface area contributed by atoms with Gasteiger partial charge in [-0.25, -0.2) is 9.79 Å². The van der Waals surface area contributed by atoms with Gasteiger partial charge in [0.05, 0.1) is 38.6 Å². The summed E-state index contributed by atoms with van der Waals surface area (Å²) in [4.78, 5) is 30.6. The molecular weight excluding hydrogens is 458 g/mol. The number of nitrogens with zero attached hydrogens (tertiary/aromatic N) is 3. The summed E-state index contributed by atoms with van der Waals surface area (Å²) in [6, 6.07) is 10.00. The van der Waals surface area contributed by atoms with Gasteiger partial charge in [0, 0.05) is 24.7 Å². The number of rotatable bonds is 7. The molecule has 2 heterocycles. The highest BCUT2D eigenvalue weighted by atomic mass is 16.5. The zero-order valence-corrected chi connectivity index (χ0v) is 21.8. The Morgan fingerprint density at radius 1 is 1.03 bits per heavy atom. The van der Waals surface area contributed by atoms with Gasteiger partial charge >= 0.3 is 11.7 Å². The molecule has 8 heteroatoms. The van der Waals surface area contributed by atoms with E-state index in [1.165, 1.54) is 7.11 Å².